The number of ketones is 1. The lowest BCUT2D eigenvalue weighted by Gasteiger charge is -2.18. The van der Waals surface area contributed by atoms with Crippen molar-refractivity contribution in [2.75, 3.05) is 0 Å². The molecular weight excluding hydrogens is 408 g/mol. The van der Waals surface area contributed by atoms with Crippen molar-refractivity contribution in [1.82, 2.24) is 0 Å². The largest absolute Gasteiger partial charge is 0.289 e. The van der Waals surface area contributed by atoms with Crippen molar-refractivity contribution in [3.63, 3.8) is 0 Å². The monoisotopic (exact) mass is 416 g/mol. The van der Waals surface area contributed by atoms with Gasteiger partial charge in [0.25, 0.3) is 3.42 Å². The van der Waals surface area contributed by atoms with Gasteiger partial charge in [-0.15, -0.1) is 0 Å². The number of benzene rings is 2. The summed E-state index contributed by atoms with van der Waals surface area (Å²) in [6, 6.07) is 17.3. The summed E-state index contributed by atoms with van der Waals surface area (Å²) in [5, 5.41) is 0. The molecule has 104 valence electrons. The first-order chi connectivity index (χ1) is 9.50. The van der Waals surface area contributed by atoms with Gasteiger partial charge in [-0.25, -0.2) is 8.39 Å². The minimum Gasteiger partial charge on any atom is -0.289 e. The van der Waals surface area contributed by atoms with Gasteiger partial charge in [-0.05, 0) is 44.0 Å². The van der Waals surface area contributed by atoms with Crippen molar-refractivity contribution in [3.8, 4) is 0 Å². The smallest absolute Gasteiger partial charge is 0.256 e. The van der Waals surface area contributed by atoms with Crippen LogP contribution in [0.5, 0.6) is 0 Å². The quantitative estimate of drug-likeness (QED) is 0.544. The van der Waals surface area contributed by atoms with Crippen molar-refractivity contribution in [2.24, 2.45) is 0 Å². The summed E-state index contributed by atoms with van der Waals surface area (Å²) in [4.78, 5) is 12.8. The highest BCUT2D eigenvalue weighted by atomic mass is 79.9. The molecule has 0 fully saturated rings. The van der Waals surface area contributed by atoms with E-state index in [2.05, 4.69) is 31.9 Å². The molecule has 0 N–H and O–H groups in total. The zero-order valence-electron chi connectivity index (χ0n) is 10.2. The van der Waals surface area contributed by atoms with E-state index in [-0.39, 0.29) is 5.78 Å². The molecule has 1 atom stereocenters. The number of hydrogen-bond acceptors (Lipinski definition) is 3. The van der Waals surface area contributed by atoms with Crippen LogP contribution < -0.4 is 0 Å². The first-order valence-electron chi connectivity index (χ1n) is 5.65. The fourth-order valence-corrected chi connectivity index (χ4v) is 3.39. The zero-order valence-corrected chi connectivity index (χ0v) is 14.2. The number of Topliss-reactive ketones (excluding diaryl/α,β-unsaturated/α-hetero) is 1. The fraction of sp³-hybridized carbons (Fsp3) is 0.0714. The summed E-state index contributed by atoms with van der Waals surface area (Å²) in [6.45, 7) is 0. The second-order valence-corrected chi connectivity index (χ2v) is 8.25. The highest BCUT2D eigenvalue weighted by molar-refractivity contribution is 9.25. The van der Waals surface area contributed by atoms with Crippen molar-refractivity contribution in [3.05, 3.63) is 66.2 Å². The molecule has 0 amide bonds. The third kappa shape index (κ3) is 3.85. The lowest BCUT2D eigenvalue weighted by molar-refractivity contribution is 0.0885. The Kier molecular flexibility index (Phi) is 5.26. The van der Waals surface area contributed by atoms with E-state index in [9.17, 15) is 9.00 Å². The van der Waals surface area contributed by atoms with Crippen LogP contribution in [-0.4, -0.2) is 13.4 Å². The minimum absolute atomic E-state index is 0.359. The van der Waals surface area contributed by atoms with Crippen LogP contribution in [0.4, 0.5) is 0 Å². The second-order valence-electron chi connectivity index (χ2n) is 3.84. The normalized spacial score (nSPS) is 12.9. The van der Waals surface area contributed by atoms with Gasteiger partial charge in [0.1, 0.15) is 0 Å². The third-order valence-electron chi connectivity index (χ3n) is 2.42. The SMILES string of the molecule is O=C(c1ccccc1)C(Br)(Br)OS(=O)c1ccccc1. The summed E-state index contributed by atoms with van der Waals surface area (Å²) in [5.41, 5.74) is 0.450. The van der Waals surface area contributed by atoms with Gasteiger partial charge >= 0.3 is 0 Å². The molecule has 3 nitrogen and oxygen atoms in total. The maximum absolute atomic E-state index is 12.3. The van der Waals surface area contributed by atoms with Crippen LogP contribution in [0.25, 0.3) is 0 Å². The first kappa shape index (κ1) is 15.6. The Bertz CT molecular complexity index is 615. The number of halogens is 2. The van der Waals surface area contributed by atoms with E-state index < -0.39 is 14.5 Å². The van der Waals surface area contributed by atoms with Crippen LogP contribution >= 0.6 is 31.9 Å². The van der Waals surface area contributed by atoms with Crippen molar-refractivity contribution in [2.45, 2.75) is 8.32 Å². The molecule has 2 aromatic carbocycles. The molecule has 2 rings (SSSR count). The molecular formula is C14H10Br2O3S. The number of carbonyl (C=O) groups excluding carboxylic acids is 1. The van der Waals surface area contributed by atoms with E-state index in [1.54, 1.807) is 48.5 Å². The standard InChI is InChI=1S/C14H10Br2O3S/c15-14(16,13(17)11-7-3-1-4-8-11)19-20(18)12-9-5-2-6-10-12/h1-10H. The second kappa shape index (κ2) is 6.76. The predicted octanol–water partition coefficient (Wildman–Crippen LogP) is 4.05. The maximum atomic E-state index is 12.3. The third-order valence-corrected chi connectivity index (χ3v) is 4.95. The topological polar surface area (TPSA) is 43.4 Å². The van der Waals surface area contributed by atoms with Gasteiger partial charge in [-0.1, -0.05) is 48.5 Å². The Balaban J connectivity index is 2.15. The number of alkyl halides is 2. The van der Waals surface area contributed by atoms with E-state index in [0.717, 1.165) is 0 Å². The molecule has 1 unspecified atom stereocenters. The van der Waals surface area contributed by atoms with Gasteiger partial charge in [0.05, 0.1) is 4.90 Å². The summed E-state index contributed by atoms with van der Waals surface area (Å²) in [5.74, 6) is -0.359. The molecule has 0 aromatic heterocycles. The van der Waals surface area contributed by atoms with Gasteiger partial charge in [-0.2, -0.15) is 0 Å². The summed E-state index contributed by atoms with van der Waals surface area (Å²) < 4.78 is 15.8. The fourth-order valence-electron chi connectivity index (χ4n) is 1.47. The Labute approximate surface area is 136 Å². The number of hydrogen-bond donors (Lipinski definition) is 0. The van der Waals surface area contributed by atoms with Gasteiger partial charge in [0.15, 0.2) is 11.1 Å². The minimum atomic E-state index is -1.76. The molecule has 0 spiro atoms. The van der Waals surface area contributed by atoms with Gasteiger partial charge in [0, 0.05) is 5.56 Å². The maximum Gasteiger partial charge on any atom is 0.256 e. The van der Waals surface area contributed by atoms with Gasteiger partial charge in [-0.3, -0.25) is 4.79 Å². The Morgan fingerprint density at radius 2 is 1.45 bits per heavy atom. The molecule has 6 heteroatoms. The first-order valence-corrected chi connectivity index (χ1v) is 8.31. The van der Waals surface area contributed by atoms with Crippen LogP contribution in [0.3, 0.4) is 0 Å². The highest BCUT2D eigenvalue weighted by Gasteiger charge is 2.37. The summed E-state index contributed by atoms with van der Waals surface area (Å²) in [6.07, 6.45) is 0. The van der Waals surface area contributed by atoms with Crippen LogP contribution in [0.1, 0.15) is 10.4 Å². The van der Waals surface area contributed by atoms with Crippen molar-refractivity contribution in [1.29, 1.82) is 0 Å². The number of rotatable bonds is 5. The van der Waals surface area contributed by atoms with Gasteiger partial charge in [0.2, 0.25) is 5.78 Å². The Hall–Kier alpha value is -0.820. The van der Waals surface area contributed by atoms with Crippen molar-refractivity contribution < 1.29 is 13.2 Å². The lowest BCUT2D eigenvalue weighted by Crippen LogP contribution is -2.29. The van der Waals surface area contributed by atoms with E-state index >= 15 is 0 Å². The van der Waals surface area contributed by atoms with Gasteiger partial charge < -0.3 is 0 Å². The Morgan fingerprint density at radius 1 is 0.950 bits per heavy atom. The molecule has 2 aromatic rings. The molecule has 0 radical (unpaired) electrons. The van der Waals surface area contributed by atoms with Crippen LogP contribution in [0.2, 0.25) is 0 Å². The lowest BCUT2D eigenvalue weighted by atomic mass is 10.1. The van der Waals surface area contributed by atoms with Crippen molar-refractivity contribution >= 4 is 48.7 Å². The molecule has 0 aliphatic rings. The highest BCUT2D eigenvalue weighted by Crippen LogP contribution is 2.34. The van der Waals surface area contributed by atoms with Crippen LogP contribution in [-0.2, 0) is 15.3 Å². The average molecular weight is 418 g/mol. The molecule has 0 saturated heterocycles. The average Bonchev–Trinajstić information content (AvgIpc) is 2.48. The summed E-state index contributed by atoms with van der Waals surface area (Å²) in [7, 11) is 0. The van der Waals surface area contributed by atoms with Crippen LogP contribution in [0.15, 0.2) is 65.6 Å². The van der Waals surface area contributed by atoms with E-state index in [4.69, 9.17) is 4.18 Å². The molecule has 0 aliphatic heterocycles. The molecule has 0 saturated carbocycles. The zero-order chi connectivity index (χ0) is 14.6. The molecule has 0 bridgehead atoms. The van der Waals surface area contributed by atoms with E-state index in [0.29, 0.717) is 10.5 Å². The summed E-state index contributed by atoms with van der Waals surface area (Å²) >= 11 is 4.51. The molecule has 0 heterocycles. The molecule has 0 aliphatic carbocycles. The predicted molar refractivity (Wildman–Crippen MR) is 85.3 cm³/mol. The van der Waals surface area contributed by atoms with Crippen LogP contribution in [0, 0.1) is 0 Å². The van der Waals surface area contributed by atoms with E-state index in [1.807, 2.05) is 12.1 Å². The molecule has 20 heavy (non-hydrogen) atoms. The number of carbonyl (C=O) groups is 1. The van der Waals surface area contributed by atoms with E-state index in [1.165, 1.54) is 0 Å². The Morgan fingerprint density at radius 3 is 2.00 bits per heavy atom.